The molecule has 1 atom stereocenters. The summed E-state index contributed by atoms with van der Waals surface area (Å²) in [5.74, 6) is 0.491. The third-order valence-electron chi connectivity index (χ3n) is 5.29. The number of ether oxygens (including phenoxy) is 1. The molecule has 144 valence electrons. The molecule has 0 bridgehead atoms. The fourth-order valence-corrected chi connectivity index (χ4v) is 3.92. The van der Waals surface area contributed by atoms with Gasteiger partial charge in [-0.15, -0.1) is 0 Å². The van der Waals surface area contributed by atoms with E-state index in [1.807, 2.05) is 42.2 Å². The lowest BCUT2D eigenvalue weighted by atomic mass is 10.0. The molecule has 2 aromatic carbocycles. The summed E-state index contributed by atoms with van der Waals surface area (Å²) in [4.78, 5) is 19.7. The van der Waals surface area contributed by atoms with Crippen molar-refractivity contribution < 1.29 is 13.9 Å². The number of benzene rings is 2. The zero-order valence-electron chi connectivity index (χ0n) is 16.1. The van der Waals surface area contributed by atoms with Gasteiger partial charge in [0.05, 0.1) is 29.4 Å². The number of nitrogens with zero attached hydrogens (tertiary/aromatic N) is 2. The summed E-state index contributed by atoms with van der Waals surface area (Å²) >= 11 is 0. The van der Waals surface area contributed by atoms with Crippen molar-refractivity contribution in [3.63, 3.8) is 0 Å². The number of aromatic nitrogens is 1. The zero-order chi connectivity index (χ0) is 19.7. The van der Waals surface area contributed by atoms with E-state index in [1.165, 1.54) is 12.1 Å². The van der Waals surface area contributed by atoms with Crippen LogP contribution in [0.3, 0.4) is 0 Å². The normalized spacial score (nSPS) is 16.5. The van der Waals surface area contributed by atoms with Crippen LogP contribution < -0.4 is 4.74 Å². The van der Waals surface area contributed by atoms with Gasteiger partial charge in [-0.2, -0.15) is 0 Å². The SMILES string of the molecule is CCOc1ccc(C2CCCN2C(=O)c2cc3ccc(F)cc3nc2C)cc1. The topological polar surface area (TPSA) is 42.4 Å². The Morgan fingerprint density at radius 2 is 2.00 bits per heavy atom. The average molecular weight is 378 g/mol. The number of amides is 1. The quantitative estimate of drug-likeness (QED) is 0.637. The summed E-state index contributed by atoms with van der Waals surface area (Å²) in [6, 6.07) is 14.3. The largest absolute Gasteiger partial charge is 0.494 e. The maximum atomic E-state index is 13.5. The van der Waals surface area contributed by atoms with Gasteiger partial charge in [-0.25, -0.2) is 4.39 Å². The van der Waals surface area contributed by atoms with E-state index in [9.17, 15) is 9.18 Å². The third-order valence-corrected chi connectivity index (χ3v) is 5.29. The number of aryl methyl sites for hydroxylation is 1. The van der Waals surface area contributed by atoms with Gasteiger partial charge in [-0.1, -0.05) is 12.1 Å². The lowest BCUT2D eigenvalue weighted by Gasteiger charge is -2.26. The van der Waals surface area contributed by atoms with E-state index in [0.29, 0.717) is 23.4 Å². The first-order valence-electron chi connectivity index (χ1n) is 9.67. The van der Waals surface area contributed by atoms with Gasteiger partial charge in [0.1, 0.15) is 11.6 Å². The van der Waals surface area contributed by atoms with Gasteiger partial charge in [0, 0.05) is 18.0 Å². The summed E-state index contributed by atoms with van der Waals surface area (Å²) in [7, 11) is 0. The second-order valence-corrected chi connectivity index (χ2v) is 7.12. The van der Waals surface area contributed by atoms with Crippen LogP contribution in [0, 0.1) is 12.7 Å². The van der Waals surface area contributed by atoms with Crippen LogP contribution in [0.15, 0.2) is 48.5 Å². The Morgan fingerprint density at radius 3 is 2.75 bits per heavy atom. The fraction of sp³-hybridized carbons (Fsp3) is 0.304. The highest BCUT2D eigenvalue weighted by atomic mass is 19.1. The molecule has 1 aliphatic heterocycles. The highest BCUT2D eigenvalue weighted by molar-refractivity contribution is 5.99. The van der Waals surface area contributed by atoms with Crippen LogP contribution in [-0.4, -0.2) is 28.9 Å². The number of fused-ring (bicyclic) bond motifs is 1. The summed E-state index contributed by atoms with van der Waals surface area (Å²) < 4.78 is 19.0. The number of carbonyl (C=O) groups excluding carboxylic acids is 1. The number of hydrogen-bond acceptors (Lipinski definition) is 3. The van der Waals surface area contributed by atoms with E-state index >= 15 is 0 Å². The Kier molecular flexibility index (Phi) is 4.99. The molecule has 4 nitrogen and oxygen atoms in total. The predicted octanol–water partition coefficient (Wildman–Crippen LogP) is 5.06. The molecule has 28 heavy (non-hydrogen) atoms. The summed E-state index contributed by atoms with van der Waals surface area (Å²) in [5.41, 5.74) is 2.89. The van der Waals surface area contributed by atoms with Gasteiger partial charge in [0.2, 0.25) is 0 Å². The van der Waals surface area contributed by atoms with Crippen molar-refractivity contribution in [2.75, 3.05) is 13.2 Å². The number of rotatable bonds is 4. The molecule has 1 aromatic heterocycles. The van der Waals surface area contributed by atoms with E-state index in [1.54, 1.807) is 13.0 Å². The van der Waals surface area contributed by atoms with Crippen molar-refractivity contribution in [2.24, 2.45) is 0 Å². The molecule has 1 fully saturated rings. The minimum atomic E-state index is -0.325. The molecular formula is C23H23FN2O2. The van der Waals surface area contributed by atoms with Gasteiger partial charge < -0.3 is 9.64 Å². The standard InChI is InChI=1S/C23H23FN2O2/c1-3-28-19-10-7-16(8-11-19)22-5-4-12-26(22)23(27)20-13-17-6-9-18(24)14-21(17)25-15(20)2/h6-11,13-14,22H,3-5,12H2,1-2H3. The first-order chi connectivity index (χ1) is 13.6. The average Bonchev–Trinajstić information content (AvgIpc) is 3.17. The maximum absolute atomic E-state index is 13.5. The second kappa shape index (κ2) is 7.58. The molecular weight excluding hydrogens is 355 g/mol. The maximum Gasteiger partial charge on any atom is 0.256 e. The van der Waals surface area contributed by atoms with Crippen LogP contribution in [-0.2, 0) is 0 Å². The smallest absolute Gasteiger partial charge is 0.256 e. The number of carbonyl (C=O) groups is 1. The van der Waals surface area contributed by atoms with Crippen LogP contribution >= 0.6 is 0 Å². The van der Waals surface area contributed by atoms with E-state index in [4.69, 9.17) is 4.74 Å². The van der Waals surface area contributed by atoms with Gasteiger partial charge >= 0.3 is 0 Å². The van der Waals surface area contributed by atoms with Gasteiger partial charge in [-0.05, 0) is 62.6 Å². The molecule has 1 aliphatic rings. The van der Waals surface area contributed by atoms with E-state index in [0.717, 1.165) is 36.1 Å². The monoisotopic (exact) mass is 378 g/mol. The molecule has 5 heteroatoms. The molecule has 3 aromatic rings. The lowest BCUT2D eigenvalue weighted by molar-refractivity contribution is 0.0734. The molecule has 1 amide bonds. The number of likely N-dealkylation sites (tertiary alicyclic amines) is 1. The van der Waals surface area contributed by atoms with E-state index < -0.39 is 0 Å². The van der Waals surface area contributed by atoms with Gasteiger partial charge in [-0.3, -0.25) is 9.78 Å². The van der Waals surface area contributed by atoms with Crippen molar-refractivity contribution >= 4 is 16.8 Å². The number of halogens is 1. The molecule has 0 saturated carbocycles. The first kappa shape index (κ1) is 18.4. The lowest BCUT2D eigenvalue weighted by Crippen LogP contribution is -2.31. The molecule has 0 aliphatic carbocycles. The highest BCUT2D eigenvalue weighted by Gasteiger charge is 2.31. The minimum absolute atomic E-state index is 0.0207. The highest BCUT2D eigenvalue weighted by Crippen LogP contribution is 2.34. The summed E-state index contributed by atoms with van der Waals surface area (Å²) in [6.45, 7) is 5.11. The zero-order valence-corrected chi connectivity index (χ0v) is 16.1. The third kappa shape index (κ3) is 3.44. The van der Waals surface area contributed by atoms with Crippen LogP contribution in [0.5, 0.6) is 5.75 Å². The molecule has 0 radical (unpaired) electrons. The van der Waals surface area contributed by atoms with E-state index in [-0.39, 0.29) is 17.8 Å². The molecule has 0 spiro atoms. The Labute approximate surface area is 164 Å². The van der Waals surface area contributed by atoms with Crippen molar-refractivity contribution in [1.82, 2.24) is 9.88 Å². The molecule has 2 heterocycles. The molecule has 4 rings (SSSR count). The number of pyridine rings is 1. The van der Waals surface area contributed by atoms with Crippen LogP contribution in [0.4, 0.5) is 4.39 Å². The Bertz CT molecular complexity index is 1020. The number of hydrogen-bond donors (Lipinski definition) is 0. The molecule has 1 saturated heterocycles. The second-order valence-electron chi connectivity index (χ2n) is 7.12. The minimum Gasteiger partial charge on any atom is -0.494 e. The van der Waals surface area contributed by atoms with Crippen molar-refractivity contribution in [3.8, 4) is 5.75 Å². The van der Waals surface area contributed by atoms with E-state index in [2.05, 4.69) is 4.98 Å². The summed E-state index contributed by atoms with van der Waals surface area (Å²) in [5, 5.41) is 0.771. The van der Waals surface area contributed by atoms with Crippen molar-refractivity contribution in [2.45, 2.75) is 32.7 Å². The molecule has 1 unspecified atom stereocenters. The van der Waals surface area contributed by atoms with Crippen molar-refractivity contribution in [3.05, 3.63) is 71.2 Å². The van der Waals surface area contributed by atoms with Crippen LogP contribution in [0.25, 0.3) is 10.9 Å². The van der Waals surface area contributed by atoms with Crippen LogP contribution in [0.1, 0.15) is 47.4 Å². The van der Waals surface area contributed by atoms with Crippen LogP contribution in [0.2, 0.25) is 0 Å². The Morgan fingerprint density at radius 1 is 1.21 bits per heavy atom. The fourth-order valence-electron chi connectivity index (χ4n) is 3.92. The first-order valence-corrected chi connectivity index (χ1v) is 9.67. The predicted molar refractivity (Wildman–Crippen MR) is 107 cm³/mol. The molecule has 0 N–H and O–H groups in total. The van der Waals surface area contributed by atoms with Gasteiger partial charge in [0.25, 0.3) is 5.91 Å². The van der Waals surface area contributed by atoms with Crippen molar-refractivity contribution in [1.29, 1.82) is 0 Å². The Hall–Kier alpha value is -2.95. The summed E-state index contributed by atoms with van der Waals surface area (Å²) in [6.07, 6.45) is 1.90. The Balaban J connectivity index is 1.64. The van der Waals surface area contributed by atoms with Gasteiger partial charge in [0.15, 0.2) is 0 Å².